The number of amides is 1. The van der Waals surface area contributed by atoms with E-state index in [1.807, 2.05) is 54.3 Å². The summed E-state index contributed by atoms with van der Waals surface area (Å²) in [6.07, 6.45) is 3.39. The number of likely N-dealkylation sites (tertiary alicyclic amines) is 1. The summed E-state index contributed by atoms with van der Waals surface area (Å²) >= 11 is 0. The molecule has 3 heterocycles. The molecule has 1 aromatic heterocycles. The van der Waals surface area contributed by atoms with Crippen LogP contribution in [0, 0.1) is 6.92 Å². The number of hydrogen-bond acceptors (Lipinski definition) is 5. The number of piperidine rings is 1. The van der Waals surface area contributed by atoms with Crippen molar-refractivity contribution in [2.75, 3.05) is 26.3 Å². The van der Waals surface area contributed by atoms with Crippen LogP contribution >= 0.6 is 0 Å². The molecule has 178 valence electrons. The van der Waals surface area contributed by atoms with Gasteiger partial charge in [-0.2, -0.15) is 0 Å². The van der Waals surface area contributed by atoms with Gasteiger partial charge in [0.1, 0.15) is 23.9 Å². The second-order valence-corrected chi connectivity index (χ2v) is 9.31. The van der Waals surface area contributed by atoms with Gasteiger partial charge in [0, 0.05) is 35.8 Å². The molecule has 0 saturated carbocycles. The standard InChI is InChI=1S/C28H32N2O4/c1-20-8-10-27(34-20)22-5-4-6-23(16-22)28(32)30-13-14-33-26-11-9-21(15-24(26)18-30)17-29-12-3-2-7-25(29)19-31/h4-6,8-11,15-16,25,31H,2-3,7,12-14,17-19H2,1H3/t25-/m0/s1. The molecule has 5 rings (SSSR count). The molecular weight excluding hydrogens is 428 g/mol. The van der Waals surface area contributed by atoms with Crippen molar-refractivity contribution in [3.63, 3.8) is 0 Å². The monoisotopic (exact) mass is 460 g/mol. The van der Waals surface area contributed by atoms with Crippen molar-refractivity contribution in [3.8, 4) is 17.1 Å². The zero-order valence-electron chi connectivity index (χ0n) is 19.7. The first-order valence-electron chi connectivity index (χ1n) is 12.2. The van der Waals surface area contributed by atoms with E-state index in [0.29, 0.717) is 25.3 Å². The maximum absolute atomic E-state index is 13.4. The molecule has 1 amide bonds. The molecular formula is C28H32N2O4. The number of aliphatic hydroxyl groups excluding tert-OH is 1. The molecule has 0 radical (unpaired) electrons. The van der Waals surface area contributed by atoms with E-state index in [9.17, 15) is 9.90 Å². The quantitative estimate of drug-likeness (QED) is 0.601. The first-order valence-corrected chi connectivity index (χ1v) is 12.2. The lowest BCUT2D eigenvalue weighted by molar-refractivity contribution is 0.0733. The number of rotatable bonds is 5. The molecule has 0 spiro atoms. The molecule has 1 saturated heterocycles. The molecule has 3 aromatic rings. The van der Waals surface area contributed by atoms with Gasteiger partial charge in [-0.3, -0.25) is 9.69 Å². The summed E-state index contributed by atoms with van der Waals surface area (Å²) in [6, 6.07) is 18.0. The second kappa shape index (κ2) is 10.0. The van der Waals surface area contributed by atoms with E-state index in [4.69, 9.17) is 9.15 Å². The smallest absolute Gasteiger partial charge is 0.254 e. The number of furan rings is 1. The number of aryl methyl sites for hydroxylation is 1. The average Bonchev–Trinajstić information content (AvgIpc) is 3.19. The molecule has 0 aliphatic carbocycles. The van der Waals surface area contributed by atoms with Gasteiger partial charge < -0.3 is 19.2 Å². The van der Waals surface area contributed by atoms with Crippen LogP contribution in [0.5, 0.6) is 5.75 Å². The van der Waals surface area contributed by atoms with Crippen LogP contribution in [-0.2, 0) is 13.1 Å². The molecule has 0 bridgehead atoms. The molecule has 2 aromatic carbocycles. The van der Waals surface area contributed by atoms with Gasteiger partial charge >= 0.3 is 0 Å². The third kappa shape index (κ3) is 4.88. The summed E-state index contributed by atoms with van der Waals surface area (Å²) in [5.74, 6) is 2.44. The molecule has 0 unspecified atom stereocenters. The van der Waals surface area contributed by atoms with Gasteiger partial charge in [-0.15, -0.1) is 0 Å². The minimum absolute atomic E-state index is 0.0108. The fraction of sp³-hybridized carbons (Fsp3) is 0.393. The number of benzene rings is 2. The Balaban J connectivity index is 1.34. The molecule has 1 atom stereocenters. The summed E-state index contributed by atoms with van der Waals surface area (Å²) in [5, 5.41) is 9.75. The first kappa shape index (κ1) is 22.7. The Bertz CT molecular complexity index is 1150. The van der Waals surface area contributed by atoms with Gasteiger partial charge in [0.05, 0.1) is 13.2 Å². The van der Waals surface area contributed by atoms with Crippen LogP contribution in [0.15, 0.2) is 59.0 Å². The van der Waals surface area contributed by atoms with Crippen molar-refractivity contribution < 1.29 is 19.1 Å². The minimum atomic E-state index is -0.0108. The fourth-order valence-corrected chi connectivity index (χ4v) is 5.01. The Kier molecular flexibility index (Phi) is 6.70. The van der Waals surface area contributed by atoms with Gasteiger partial charge in [-0.25, -0.2) is 0 Å². The van der Waals surface area contributed by atoms with E-state index in [-0.39, 0.29) is 18.6 Å². The summed E-state index contributed by atoms with van der Waals surface area (Å²) in [5.41, 5.74) is 3.75. The maximum Gasteiger partial charge on any atom is 0.254 e. The second-order valence-electron chi connectivity index (χ2n) is 9.31. The van der Waals surface area contributed by atoms with Crippen LogP contribution in [0.2, 0.25) is 0 Å². The number of carbonyl (C=O) groups is 1. The highest BCUT2D eigenvalue weighted by Crippen LogP contribution is 2.28. The predicted molar refractivity (Wildman–Crippen MR) is 131 cm³/mol. The summed E-state index contributed by atoms with van der Waals surface area (Å²) in [6.45, 7) is 5.44. The van der Waals surface area contributed by atoms with Crippen LogP contribution in [0.1, 0.15) is 46.5 Å². The largest absolute Gasteiger partial charge is 0.491 e. The lowest BCUT2D eigenvalue weighted by Gasteiger charge is -2.34. The van der Waals surface area contributed by atoms with Gasteiger partial charge in [-0.05, 0) is 68.3 Å². The van der Waals surface area contributed by atoms with Crippen LogP contribution in [0.25, 0.3) is 11.3 Å². The summed E-state index contributed by atoms with van der Waals surface area (Å²) < 4.78 is 11.7. The van der Waals surface area contributed by atoms with Crippen molar-refractivity contribution in [3.05, 3.63) is 77.0 Å². The number of ether oxygens (including phenoxy) is 1. The summed E-state index contributed by atoms with van der Waals surface area (Å²) in [7, 11) is 0. The number of fused-ring (bicyclic) bond motifs is 1. The maximum atomic E-state index is 13.4. The molecule has 2 aliphatic heterocycles. The van der Waals surface area contributed by atoms with Crippen molar-refractivity contribution in [2.45, 2.75) is 45.3 Å². The first-order chi connectivity index (χ1) is 16.6. The Labute approximate surface area is 200 Å². The van der Waals surface area contributed by atoms with E-state index in [1.165, 1.54) is 18.4 Å². The number of aliphatic hydroxyl groups is 1. The Morgan fingerprint density at radius 3 is 2.82 bits per heavy atom. The molecule has 6 nitrogen and oxygen atoms in total. The summed E-state index contributed by atoms with van der Waals surface area (Å²) in [4.78, 5) is 17.7. The average molecular weight is 461 g/mol. The van der Waals surface area contributed by atoms with Crippen LogP contribution in [0.3, 0.4) is 0 Å². The molecule has 6 heteroatoms. The predicted octanol–water partition coefficient (Wildman–Crippen LogP) is 4.64. The van der Waals surface area contributed by atoms with E-state index in [0.717, 1.165) is 47.9 Å². The van der Waals surface area contributed by atoms with Crippen LogP contribution in [0.4, 0.5) is 0 Å². The van der Waals surface area contributed by atoms with Crippen molar-refractivity contribution in [1.82, 2.24) is 9.80 Å². The van der Waals surface area contributed by atoms with Gasteiger partial charge in [0.2, 0.25) is 0 Å². The fourth-order valence-electron chi connectivity index (χ4n) is 5.01. The van der Waals surface area contributed by atoms with E-state index >= 15 is 0 Å². The van der Waals surface area contributed by atoms with Crippen molar-refractivity contribution in [1.29, 1.82) is 0 Å². The molecule has 1 N–H and O–H groups in total. The van der Waals surface area contributed by atoms with Crippen molar-refractivity contribution in [2.24, 2.45) is 0 Å². The Morgan fingerprint density at radius 1 is 1.09 bits per heavy atom. The van der Waals surface area contributed by atoms with Crippen molar-refractivity contribution >= 4 is 5.91 Å². The third-order valence-corrected chi connectivity index (χ3v) is 6.87. The lowest BCUT2D eigenvalue weighted by atomic mass is 10.0. The Morgan fingerprint density at radius 2 is 2.00 bits per heavy atom. The number of carbonyl (C=O) groups excluding carboxylic acids is 1. The van der Waals surface area contributed by atoms with Gasteiger partial charge in [0.25, 0.3) is 5.91 Å². The zero-order valence-corrected chi connectivity index (χ0v) is 19.7. The van der Waals surface area contributed by atoms with Crippen LogP contribution < -0.4 is 4.74 Å². The zero-order chi connectivity index (χ0) is 23.5. The number of nitrogens with zero attached hydrogens (tertiary/aromatic N) is 2. The highest BCUT2D eigenvalue weighted by molar-refractivity contribution is 5.95. The Hall–Kier alpha value is -3.09. The topological polar surface area (TPSA) is 66.2 Å². The number of hydrogen-bond donors (Lipinski definition) is 1. The third-order valence-electron chi connectivity index (χ3n) is 6.87. The normalized spacial score (nSPS) is 18.8. The van der Waals surface area contributed by atoms with Gasteiger partial charge in [0.15, 0.2) is 0 Å². The van der Waals surface area contributed by atoms with Crippen LogP contribution in [-0.4, -0.2) is 53.2 Å². The molecule has 1 fully saturated rings. The molecule has 34 heavy (non-hydrogen) atoms. The van der Waals surface area contributed by atoms with E-state index in [1.54, 1.807) is 0 Å². The lowest BCUT2D eigenvalue weighted by Crippen LogP contribution is -2.41. The molecule has 2 aliphatic rings. The highest BCUT2D eigenvalue weighted by atomic mass is 16.5. The van der Waals surface area contributed by atoms with E-state index in [2.05, 4.69) is 17.0 Å². The SMILES string of the molecule is Cc1ccc(-c2cccc(C(=O)N3CCOc4ccc(CN5CCCC[C@H]5CO)cc4C3)c2)o1. The van der Waals surface area contributed by atoms with E-state index < -0.39 is 0 Å². The highest BCUT2D eigenvalue weighted by Gasteiger charge is 2.24. The minimum Gasteiger partial charge on any atom is -0.491 e. The van der Waals surface area contributed by atoms with Gasteiger partial charge in [-0.1, -0.05) is 24.6 Å².